The predicted molar refractivity (Wildman–Crippen MR) is 83.6 cm³/mol. The van der Waals surface area contributed by atoms with E-state index >= 15 is 0 Å². The van der Waals surface area contributed by atoms with Gasteiger partial charge in [0.2, 0.25) is 5.91 Å². The van der Waals surface area contributed by atoms with Crippen molar-refractivity contribution in [2.75, 3.05) is 0 Å². The summed E-state index contributed by atoms with van der Waals surface area (Å²) in [4.78, 5) is 25.7. The molecular weight excluding hydrogens is 280 g/mol. The Kier molecular flexibility index (Phi) is 3.78. The van der Waals surface area contributed by atoms with E-state index in [1.165, 1.54) is 0 Å². The first kappa shape index (κ1) is 14.1. The molecule has 0 bridgehead atoms. The molecule has 0 aliphatic heterocycles. The normalized spacial score (nSPS) is 10.8. The van der Waals surface area contributed by atoms with E-state index in [0.717, 1.165) is 16.7 Å². The third kappa shape index (κ3) is 3.25. The number of hydrogen-bond donors (Lipinski definition) is 2. The monoisotopic (exact) mass is 296 g/mol. The maximum atomic E-state index is 12.0. The molecule has 0 aliphatic carbocycles. The summed E-state index contributed by atoms with van der Waals surface area (Å²) in [7, 11) is 0. The van der Waals surface area contributed by atoms with Gasteiger partial charge in [-0.2, -0.15) is 0 Å². The minimum atomic E-state index is -0.476. The lowest BCUT2D eigenvalue weighted by Gasteiger charge is -2.06. The zero-order valence-electron chi connectivity index (χ0n) is 12.2. The van der Waals surface area contributed by atoms with Crippen LogP contribution in [0.2, 0.25) is 0 Å². The summed E-state index contributed by atoms with van der Waals surface area (Å²) in [5.74, 6) is -0.512. The Bertz CT molecular complexity index is 877. The number of carbonyl (C=O) groups excluding carboxylic acids is 1. The van der Waals surface area contributed by atoms with Gasteiger partial charge in [-0.15, -0.1) is 0 Å². The van der Waals surface area contributed by atoms with Crippen molar-refractivity contribution < 1.29 is 9.21 Å². The number of nitrogens with one attached hydrogen (secondary N) is 2. The van der Waals surface area contributed by atoms with Crippen LogP contribution < -0.4 is 11.1 Å². The summed E-state index contributed by atoms with van der Waals surface area (Å²) < 4.78 is 4.94. The summed E-state index contributed by atoms with van der Waals surface area (Å²) in [6.07, 6.45) is 0.354. The molecule has 5 nitrogen and oxygen atoms in total. The van der Waals surface area contributed by atoms with Gasteiger partial charge in [0.05, 0.1) is 11.9 Å². The molecule has 0 saturated heterocycles. The maximum absolute atomic E-state index is 12.0. The number of aryl methyl sites for hydroxylation is 1. The van der Waals surface area contributed by atoms with Crippen molar-refractivity contribution in [3.8, 4) is 0 Å². The van der Waals surface area contributed by atoms with E-state index in [-0.39, 0.29) is 5.91 Å². The van der Waals surface area contributed by atoms with E-state index in [1.54, 1.807) is 12.1 Å². The molecule has 1 amide bonds. The molecule has 0 spiro atoms. The zero-order valence-corrected chi connectivity index (χ0v) is 12.2. The zero-order chi connectivity index (χ0) is 15.5. The van der Waals surface area contributed by atoms with Crippen LogP contribution in [0.5, 0.6) is 0 Å². The average molecular weight is 296 g/mol. The number of benzene rings is 2. The van der Waals surface area contributed by atoms with Crippen LogP contribution in [0.4, 0.5) is 0 Å². The molecule has 112 valence electrons. The molecule has 1 heterocycles. The molecule has 0 aliphatic rings. The van der Waals surface area contributed by atoms with Crippen LogP contribution in [0.1, 0.15) is 16.7 Å². The highest BCUT2D eigenvalue weighted by Gasteiger charge is 2.05. The topological polar surface area (TPSA) is 75.1 Å². The molecule has 2 N–H and O–H groups in total. The molecule has 22 heavy (non-hydrogen) atoms. The number of aromatic nitrogens is 1. The maximum Gasteiger partial charge on any atom is 0.417 e. The standard InChI is InChI=1S/C17H16N2O3/c1-11-3-2-4-12(7-11)9-16(20)18-10-13-5-6-15-14(8-13)19-17(21)22-15/h2-8H,9-10H2,1H3,(H,18,20)(H,19,21). The first-order chi connectivity index (χ1) is 10.6. The minimum absolute atomic E-state index is 0.0358. The van der Waals surface area contributed by atoms with Crippen molar-refractivity contribution >= 4 is 17.0 Å². The highest BCUT2D eigenvalue weighted by molar-refractivity contribution is 5.79. The van der Waals surface area contributed by atoms with E-state index in [4.69, 9.17) is 4.42 Å². The smallest absolute Gasteiger partial charge is 0.408 e. The first-order valence-electron chi connectivity index (χ1n) is 7.04. The molecule has 3 aromatic rings. The third-order valence-corrected chi connectivity index (χ3v) is 3.42. The summed E-state index contributed by atoms with van der Waals surface area (Å²) in [6.45, 7) is 2.41. The molecule has 0 unspecified atom stereocenters. The van der Waals surface area contributed by atoms with Gasteiger partial charge in [-0.25, -0.2) is 4.79 Å². The van der Waals surface area contributed by atoms with Gasteiger partial charge in [0.15, 0.2) is 5.58 Å². The molecule has 0 saturated carbocycles. The van der Waals surface area contributed by atoms with E-state index in [2.05, 4.69) is 10.3 Å². The summed E-state index contributed by atoms with van der Waals surface area (Å²) in [5.41, 5.74) is 4.18. The van der Waals surface area contributed by atoms with Crippen LogP contribution >= 0.6 is 0 Å². The number of amides is 1. The van der Waals surface area contributed by atoms with Gasteiger partial charge in [0.1, 0.15) is 0 Å². The van der Waals surface area contributed by atoms with Gasteiger partial charge >= 0.3 is 5.76 Å². The Hall–Kier alpha value is -2.82. The lowest BCUT2D eigenvalue weighted by Crippen LogP contribution is -2.24. The molecular formula is C17H16N2O3. The number of carbonyl (C=O) groups is 1. The highest BCUT2D eigenvalue weighted by Crippen LogP contribution is 2.12. The van der Waals surface area contributed by atoms with E-state index in [9.17, 15) is 9.59 Å². The van der Waals surface area contributed by atoms with Crippen LogP contribution in [-0.4, -0.2) is 10.9 Å². The largest absolute Gasteiger partial charge is 0.417 e. The second kappa shape index (κ2) is 5.89. The Morgan fingerprint density at radius 1 is 1.18 bits per heavy atom. The van der Waals surface area contributed by atoms with Gasteiger partial charge in [0, 0.05) is 6.54 Å². The third-order valence-electron chi connectivity index (χ3n) is 3.42. The molecule has 3 rings (SSSR count). The average Bonchev–Trinajstić information content (AvgIpc) is 2.84. The van der Waals surface area contributed by atoms with Gasteiger partial charge in [-0.05, 0) is 30.2 Å². The number of hydrogen-bond acceptors (Lipinski definition) is 3. The first-order valence-corrected chi connectivity index (χ1v) is 7.04. The van der Waals surface area contributed by atoms with Crippen LogP contribution in [0.25, 0.3) is 11.1 Å². The molecule has 0 fully saturated rings. The van der Waals surface area contributed by atoms with Crippen molar-refractivity contribution in [3.05, 3.63) is 69.7 Å². The quantitative estimate of drug-likeness (QED) is 0.775. The molecule has 0 radical (unpaired) electrons. The Balaban J connectivity index is 1.63. The van der Waals surface area contributed by atoms with Gasteiger partial charge in [-0.3, -0.25) is 9.78 Å². The van der Waals surface area contributed by atoms with Crippen LogP contribution in [-0.2, 0) is 17.8 Å². The van der Waals surface area contributed by atoms with Gasteiger partial charge in [-0.1, -0.05) is 35.9 Å². The molecule has 5 heteroatoms. The van der Waals surface area contributed by atoms with Crippen molar-refractivity contribution in [3.63, 3.8) is 0 Å². The van der Waals surface area contributed by atoms with Crippen LogP contribution in [0.15, 0.2) is 51.7 Å². The number of H-pyrrole nitrogens is 1. The molecule has 1 aromatic heterocycles. The lowest BCUT2D eigenvalue weighted by molar-refractivity contribution is -0.120. The SMILES string of the molecule is Cc1cccc(CC(=O)NCc2ccc3oc(=O)[nH]c3c2)c1. The summed E-state index contributed by atoms with van der Waals surface area (Å²) in [5, 5.41) is 2.88. The van der Waals surface area contributed by atoms with Crippen molar-refractivity contribution in [1.29, 1.82) is 0 Å². The fourth-order valence-corrected chi connectivity index (χ4v) is 2.38. The highest BCUT2D eigenvalue weighted by atomic mass is 16.4. The van der Waals surface area contributed by atoms with Crippen molar-refractivity contribution in [2.24, 2.45) is 0 Å². The molecule has 0 atom stereocenters. The number of rotatable bonds is 4. The number of oxazole rings is 1. The Morgan fingerprint density at radius 2 is 2.05 bits per heavy atom. The lowest BCUT2D eigenvalue weighted by atomic mass is 10.1. The summed E-state index contributed by atoms with van der Waals surface area (Å²) in [6, 6.07) is 13.2. The second-order valence-electron chi connectivity index (χ2n) is 5.29. The Labute approximate surface area is 127 Å². The van der Waals surface area contributed by atoms with Crippen LogP contribution in [0, 0.1) is 6.92 Å². The van der Waals surface area contributed by atoms with E-state index in [1.807, 2.05) is 37.3 Å². The van der Waals surface area contributed by atoms with E-state index < -0.39 is 5.76 Å². The van der Waals surface area contributed by atoms with Crippen molar-refractivity contribution in [2.45, 2.75) is 19.9 Å². The van der Waals surface area contributed by atoms with Crippen LogP contribution in [0.3, 0.4) is 0 Å². The van der Waals surface area contributed by atoms with E-state index in [0.29, 0.717) is 24.1 Å². The van der Waals surface area contributed by atoms with Crippen molar-refractivity contribution in [1.82, 2.24) is 10.3 Å². The fourth-order valence-electron chi connectivity index (χ4n) is 2.38. The number of fused-ring (bicyclic) bond motifs is 1. The van der Waals surface area contributed by atoms with Gasteiger partial charge in [0.25, 0.3) is 0 Å². The number of aromatic amines is 1. The summed E-state index contributed by atoms with van der Waals surface area (Å²) >= 11 is 0. The van der Waals surface area contributed by atoms with Gasteiger partial charge < -0.3 is 9.73 Å². The minimum Gasteiger partial charge on any atom is -0.408 e. The Morgan fingerprint density at radius 3 is 2.86 bits per heavy atom. The predicted octanol–water partition coefficient (Wildman–Crippen LogP) is 2.29. The fraction of sp³-hybridized carbons (Fsp3) is 0.176. The second-order valence-corrected chi connectivity index (χ2v) is 5.29. The molecule has 2 aromatic carbocycles.